The number of hydrogen-bond acceptors (Lipinski definition) is 1. The van der Waals surface area contributed by atoms with E-state index < -0.39 is 0 Å². The van der Waals surface area contributed by atoms with Gasteiger partial charge in [-0.2, -0.15) is 0 Å². The van der Waals surface area contributed by atoms with Crippen LogP contribution in [0.25, 0.3) is 16.3 Å². The van der Waals surface area contributed by atoms with E-state index in [2.05, 4.69) is 55.1 Å². The van der Waals surface area contributed by atoms with E-state index in [1.807, 2.05) is 18.2 Å². The summed E-state index contributed by atoms with van der Waals surface area (Å²) in [6.45, 7) is 4.22. The molecular weight excluding hydrogens is 244 g/mol. The van der Waals surface area contributed by atoms with Gasteiger partial charge in [-0.1, -0.05) is 55.1 Å². The van der Waals surface area contributed by atoms with Crippen molar-refractivity contribution < 1.29 is 4.74 Å². The summed E-state index contributed by atoms with van der Waals surface area (Å²) < 4.78 is 5.27. The van der Waals surface area contributed by atoms with Gasteiger partial charge in [0.05, 0.1) is 7.11 Å². The van der Waals surface area contributed by atoms with E-state index in [1.165, 1.54) is 10.8 Å². The summed E-state index contributed by atoms with van der Waals surface area (Å²) in [5.74, 6) is 0.851. The fourth-order valence-corrected chi connectivity index (χ4v) is 2.35. The van der Waals surface area contributed by atoms with Crippen molar-refractivity contribution >= 4 is 16.3 Å². The monoisotopic (exact) mass is 260 g/mol. The quantitative estimate of drug-likeness (QED) is 0.650. The first kappa shape index (κ1) is 12.5. The van der Waals surface area contributed by atoms with Crippen LogP contribution in [0.4, 0.5) is 0 Å². The molecule has 0 spiro atoms. The van der Waals surface area contributed by atoms with Crippen molar-refractivity contribution in [2.24, 2.45) is 0 Å². The molecule has 1 nitrogen and oxygen atoms in total. The number of benzene rings is 3. The van der Waals surface area contributed by atoms with Gasteiger partial charge in [0, 0.05) is 0 Å². The van der Waals surface area contributed by atoms with Crippen molar-refractivity contribution in [3.8, 4) is 5.75 Å². The molecule has 0 aliphatic heterocycles. The number of fused-ring (bicyclic) bond motifs is 1. The van der Waals surface area contributed by atoms with Gasteiger partial charge in [-0.25, -0.2) is 0 Å². The van der Waals surface area contributed by atoms with Gasteiger partial charge in [0.2, 0.25) is 0 Å². The van der Waals surface area contributed by atoms with E-state index in [4.69, 9.17) is 4.74 Å². The average molecular weight is 260 g/mol. The predicted molar refractivity (Wildman–Crippen MR) is 85.1 cm³/mol. The lowest BCUT2D eigenvalue weighted by molar-refractivity contribution is 0.414. The summed E-state index contributed by atoms with van der Waals surface area (Å²) in [7, 11) is 1.68. The van der Waals surface area contributed by atoms with E-state index >= 15 is 0 Å². The SMILES string of the molecule is C=C(c1cccc(OC)c1)c1ccc2ccccc2c1. The maximum atomic E-state index is 5.27. The third-order valence-corrected chi connectivity index (χ3v) is 3.52. The minimum atomic E-state index is 0.851. The molecule has 0 radical (unpaired) electrons. The average Bonchev–Trinajstić information content (AvgIpc) is 2.53. The van der Waals surface area contributed by atoms with E-state index in [1.54, 1.807) is 7.11 Å². The highest BCUT2D eigenvalue weighted by atomic mass is 16.5. The zero-order chi connectivity index (χ0) is 13.9. The second kappa shape index (κ2) is 5.22. The molecule has 0 N–H and O–H groups in total. The van der Waals surface area contributed by atoms with Crippen LogP contribution in [0, 0.1) is 0 Å². The van der Waals surface area contributed by atoms with Gasteiger partial charge >= 0.3 is 0 Å². The summed E-state index contributed by atoms with van der Waals surface area (Å²) in [6, 6.07) is 22.8. The van der Waals surface area contributed by atoms with E-state index in [-0.39, 0.29) is 0 Å². The van der Waals surface area contributed by atoms with Gasteiger partial charge in [-0.05, 0) is 45.7 Å². The third kappa shape index (κ3) is 2.30. The van der Waals surface area contributed by atoms with Crippen LogP contribution in [0.15, 0.2) is 73.3 Å². The van der Waals surface area contributed by atoms with Crippen LogP contribution in [0.1, 0.15) is 11.1 Å². The molecule has 3 aromatic carbocycles. The van der Waals surface area contributed by atoms with Crippen LogP contribution >= 0.6 is 0 Å². The molecule has 20 heavy (non-hydrogen) atoms. The standard InChI is InChI=1S/C19H16O/c1-14(16-8-5-9-19(13-16)20-2)17-11-10-15-6-3-4-7-18(15)12-17/h3-13H,1H2,2H3. The second-order valence-electron chi connectivity index (χ2n) is 4.77. The molecule has 0 atom stereocenters. The van der Waals surface area contributed by atoms with Crippen LogP contribution in [-0.4, -0.2) is 7.11 Å². The molecule has 0 heterocycles. The molecule has 0 saturated carbocycles. The molecule has 0 bridgehead atoms. The summed E-state index contributed by atoms with van der Waals surface area (Å²) in [6.07, 6.45) is 0. The Hall–Kier alpha value is -2.54. The Kier molecular flexibility index (Phi) is 3.26. The summed E-state index contributed by atoms with van der Waals surface area (Å²) >= 11 is 0. The normalized spacial score (nSPS) is 10.4. The highest BCUT2D eigenvalue weighted by molar-refractivity contribution is 5.89. The van der Waals surface area contributed by atoms with Crippen molar-refractivity contribution in [1.82, 2.24) is 0 Å². The van der Waals surface area contributed by atoms with Crippen LogP contribution in [0.2, 0.25) is 0 Å². The summed E-state index contributed by atoms with van der Waals surface area (Å²) in [4.78, 5) is 0. The fraction of sp³-hybridized carbons (Fsp3) is 0.0526. The minimum absolute atomic E-state index is 0.851. The highest BCUT2D eigenvalue weighted by Gasteiger charge is 2.04. The minimum Gasteiger partial charge on any atom is -0.497 e. The molecule has 3 aromatic rings. The lowest BCUT2D eigenvalue weighted by Gasteiger charge is -2.09. The van der Waals surface area contributed by atoms with E-state index in [0.717, 1.165) is 22.4 Å². The van der Waals surface area contributed by atoms with Gasteiger partial charge in [0.25, 0.3) is 0 Å². The first-order valence-electron chi connectivity index (χ1n) is 6.60. The van der Waals surface area contributed by atoms with Crippen molar-refractivity contribution in [2.45, 2.75) is 0 Å². The Labute approximate surface area is 119 Å². The molecule has 3 rings (SSSR count). The molecule has 0 aromatic heterocycles. The molecule has 0 amide bonds. The van der Waals surface area contributed by atoms with Gasteiger partial charge < -0.3 is 4.74 Å². The molecule has 98 valence electrons. The Balaban J connectivity index is 2.03. The Morgan fingerprint density at radius 3 is 2.35 bits per heavy atom. The van der Waals surface area contributed by atoms with Gasteiger partial charge in [-0.3, -0.25) is 0 Å². The Morgan fingerprint density at radius 1 is 0.800 bits per heavy atom. The Bertz CT molecular complexity index is 771. The maximum absolute atomic E-state index is 5.27. The van der Waals surface area contributed by atoms with Gasteiger partial charge in [0.1, 0.15) is 5.75 Å². The summed E-state index contributed by atoms with van der Waals surface area (Å²) in [5, 5.41) is 2.48. The molecule has 0 aliphatic rings. The smallest absolute Gasteiger partial charge is 0.119 e. The molecule has 0 aliphatic carbocycles. The first-order valence-corrected chi connectivity index (χ1v) is 6.60. The Morgan fingerprint density at radius 2 is 1.55 bits per heavy atom. The zero-order valence-electron chi connectivity index (χ0n) is 11.5. The lowest BCUT2D eigenvalue weighted by atomic mass is 9.97. The largest absolute Gasteiger partial charge is 0.497 e. The fourth-order valence-electron chi connectivity index (χ4n) is 2.35. The molecular formula is C19H16O. The summed E-state index contributed by atoms with van der Waals surface area (Å²) in [5.41, 5.74) is 3.23. The molecule has 0 saturated heterocycles. The van der Waals surface area contributed by atoms with Crippen molar-refractivity contribution in [3.63, 3.8) is 0 Å². The van der Waals surface area contributed by atoms with Crippen LogP contribution in [0.3, 0.4) is 0 Å². The van der Waals surface area contributed by atoms with Crippen molar-refractivity contribution in [2.75, 3.05) is 7.11 Å². The van der Waals surface area contributed by atoms with Crippen LogP contribution in [-0.2, 0) is 0 Å². The van der Waals surface area contributed by atoms with Gasteiger partial charge in [-0.15, -0.1) is 0 Å². The third-order valence-electron chi connectivity index (χ3n) is 3.52. The second-order valence-corrected chi connectivity index (χ2v) is 4.77. The van der Waals surface area contributed by atoms with E-state index in [0.29, 0.717) is 0 Å². The lowest BCUT2D eigenvalue weighted by Crippen LogP contribution is -1.89. The number of ether oxygens (including phenoxy) is 1. The van der Waals surface area contributed by atoms with Crippen molar-refractivity contribution in [3.05, 3.63) is 84.4 Å². The van der Waals surface area contributed by atoms with E-state index in [9.17, 15) is 0 Å². The van der Waals surface area contributed by atoms with Crippen LogP contribution < -0.4 is 4.74 Å². The molecule has 0 unspecified atom stereocenters. The first-order chi connectivity index (χ1) is 9.78. The van der Waals surface area contributed by atoms with Crippen LogP contribution in [0.5, 0.6) is 5.75 Å². The molecule has 0 fully saturated rings. The number of hydrogen-bond donors (Lipinski definition) is 0. The molecule has 1 heteroatoms. The zero-order valence-corrected chi connectivity index (χ0v) is 11.5. The maximum Gasteiger partial charge on any atom is 0.119 e. The predicted octanol–water partition coefficient (Wildman–Crippen LogP) is 4.91. The topological polar surface area (TPSA) is 9.23 Å². The number of rotatable bonds is 3. The van der Waals surface area contributed by atoms with Gasteiger partial charge in [0.15, 0.2) is 0 Å². The highest BCUT2D eigenvalue weighted by Crippen LogP contribution is 2.27. The van der Waals surface area contributed by atoms with Crippen molar-refractivity contribution in [1.29, 1.82) is 0 Å². The number of methoxy groups -OCH3 is 1.